The Bertz CT molecular complexity index is 587. The molecule has 0 aromatic heterocycles. The van der Waals surface area contributed by atoms with Crippen LogP contribution in [0.4, 0.5) is 13.2 Å². The minimum atomic E-state index is -4.37. The molecule has 2 atom stereocenters. The topological polar surface area (TPSA) is 23.6 Å². The van der Waals surface area contributed by atoms with Gasteiger partial charge in [-0.1, -0.05) is 18.2 Å². The van der Waals surface area contributed by atoms with Gasteiger partial charge in [0.05, 0.1) is 12.0 Å². The van der Waals surface area contributed by atoms with E-state index in [0.29, 0.717) is 11.5 Å². The van der Waals surface area contributed by atoms with Gasteiger partial charge in [-0.3, -0.25) is 4.79 Å². The average molecular weight is 326 g/mol. The molecule has 126 valence electrons. The third-order valence-electron chi connectivity index (χ3n) is 4.83. The summed E-state index contributed by atoms with van der Waals surface area (Å²) in [6.45, 7) is 2.57. The van der Waals surface area contributed by atoms with Crippen LogP contribution in [0.1, 0.15) is 24.0 Å². The maximum atomic E-state index is 12.8. The van der Waals surface area contributed by atoms with Crippen molar-refractivity contribution in [3.05, 3.63) is 35.4 Å². The van der Waals surface area contributed by atoms with Gasteiger partial charge in [0.15, 0.2) is 0 Å². The smallest absolute Gasteiger partial charge is 0.338 e. The summed E-state index contributed by atoms with van der Waals surface area (Å²) in [5.41, 5.74) is -0.266. The number of halogens is 3. The van der Waals surface area contributed by atoms with Crippen LogP contribution < -0.4 is 0 Å². The summed E-state index contributed by atoms with van der Waals surface area (Å²) in [6.07, 6.45) is -2.22. The van der Waals surface area contributed by atoms with E-state index in [9.17, 15) is 18.0 Å². The Labute approximate surface area is 134 Å². The first-order valence-electron chi connectivity index (χ1n) is 7.97. The van der Waals surface area contributed by atoms with E-state index in [1.165, 1.54) is 6.07 Å². The van der Waals surface area contributed by atoms with Crippen molar-refractivity contribution >= 4 is 5.91 Å². The lowest BCUT2D eigenvalue weighted by atomic mass is 9.94. The summed E-state index contributed by atoms with van der Waals surface area (Å²) in [5.74, 6) is 0.415. The van der Waals surface area contributed by atoms with Gasteiger partial charge in [0, 0.05) is 25.7 Å². The highest BCUT2D eigenvalue weighted by molar-refractivity contribution is 5.79. The molecule has 0 saturated carbocycles. The van der Waals surface area contributed by atoms with Crippen LogP contribution in [0.25, 0.3) is 0 Å². The van der Waals surface area contributed by atoms with E-state index in [1.54, 1.807) is 6.07 Å². The molecule has 1 aromatic rings. The monoisotopic (exact) mass is 326 g/mol. The number of fused-ring (bicyclic) bond motifs is 4. The number of nitrogens with zero attached hydrogens (tertiary/aromatic N) is 2. The first kappa shape index (κ1) is 16.3. The SMILES string of the molecule is CN1C[C@H]2CC[C@@H](C1)N(C(=O)Cc1cccc(C(F)(F)F)c1)C2. The number of carbonyl (C=O) groups excluding carboxylic acids is 1. The Morgan fingerprint density at radius 3 is 2.74 bits per heavy atom. The Morgan fingerprint density at radius 2 is 2.00 bits per heavy atom. The molecule has 0 radical (unpaired) electrons. The Morgan fingerprint density at radius 1 is 1.22 bits per heavy atom. The molecule has 4 rings (SSSR count). The van der Waals surface area contributed by atoms with Crippen molar-refractivity contribution in [2.24, 2.45) is 5.92 Å². The van der Waals surface area contributed by atoms with Crippen molar-refractivity contribution in [2.45, 2.75) is 31.5 Å². The number of amides is 1. The molecule has 0 unspecified atom stereocenters. The van der Waals surface area contributed by atoms with Crippen LogP contribution in [0.3, 0.4) is 0 Å². The summed E-state index contributed by atoms with van der Waals surface area (Å²) < 4.78 is 38.3. The van der Waals surface area contributed by atoms with E-state index < -0.39 is 11.7 Å². The molecule has 0 spiro atoms. The van der Waals surface area contributed by atoms with Gasteiger partial charge in [0.25, 0.3) is 0 Å². The fourth-order valence-corrected chi connectivity index (χ4v) is 3.76. The lowest BCUT2D eigenvalue weighted by Gasteiger charge is -2.36. The van der Waals surface area contributed by atoms with E-state index in [1.807, 2.05) is 4.90 Å². The van der Waals surface area contributed by atoms with Crippen LogP contribution in [0.15, 0.2) is 24.3 Å². The maximum Gasteiger partial charge on any atom is 0.416 e. The first-order valence-corrected chi connectivity index (χ1v) is 7.97. The Balaban J connectivity index is 1.72. The van der Waals surface area contributed by atoms with Crippen LogP contribution in [0.5, 0.6) is 0 Å². The number of piperidine rings is 1. The lowest BCUT2D eigenvalue weighted by Crippen LogP contribution is -2.47. The second-order valence-electron chi connectivity index (χ2n) is 6.74. The van der Waals surface area contributed by atoms with Gasteiger partial charge >= 0.3 is 6.18 Å². The number of carbonyl (C=O) groups is 1. The molecule has 3 heterocycles. The zero-order valence-electron chi connectivity index (χ0n) is 13.1. The van der Waals surface area contributed by atoms with Crippen LogP contribution in [-0.2, 0) is 17.4 Å². The third-order valence-corrected chi connectivity index (χ3v) is 4.83. The van der Waals surface area contributed by atoms with Crippen molar-refractivity contribution in [1.82, 2.24) is 9.80 Å². The van der Waals surface area contributed by atoms with E-state index >= 15 is 0 Å². The number of hydrogen-bond acceptors (Lipinski definition) is 2. The van der Waals surface area contributed by atoms with Crippen LogP contribution in [0.2, 0.25) is 0 Å². The van der Waals surface area contributed by atoms with Gasteiger partial charge in [-0.05, 0) is 37.4 Å². The fraction of sp³-hybridized carbons (Fsp3) is 0.588. The van der Waals surface area contributed by atoms with Gasteiger partial charge < -0.3 is 9.80 Å². The normalized spacial score (nSPS) is 25.5. The van der Waals surface area contributed by atoms with Crippen molar-refractivity contribution in [3.63, 3.8) is 0 Å². The highest BCUT2D eigenvalue weighted by atomic mass is 19.4. The first-order chi connectivity index (χ1) is 10.8. The van der Waals surface area contributed by atoms with E-state index in [-0.39, 0.29) is 18.4 Å². The minimum absolute atomic E-state index is 0.0385. The van der Waals surface area contributed by atoms with Gasteiger partial charge in [-0.2, -0.15) is 13.2 Å². The average Bonchev–Trinajstić information content (AvgIpc) is 2.75. The second-order valence-corrected chi connectivity index (χ2v) is 6.74. The summed E-state index contributed by atoms with van der Waals surface area (Å²) in [6, 6.07) is 5.28. The van der Waals surface area contributed by atoms with Gasteiger partial charge in [0.2, 0.25) is 5.91 Å². The molecule has 0 N–H and O–H groups in total. The predicted octanol–water partition coefficient (Wildman–Crippen LogP) is 2.80. The standard InChI is InChI=1S/C17H21F3N2O/c1-21-9-13-5-6-15(11-21)22(10-13)16(23)8-12-3-2-4-14(7-12)17(18,19)20/h2-4,7,13,15H,5-6,8-11H2,1H3/t13-,15+/m1/s1. The zero-order valence-corrected chi connectivity index (χ0v) is 13.1. The van der Waals surface area contributed by atoms with E-state index in [4.69, 9.17) is 0 Å². The molecule has 3 aliphatic heterocycles. The van der Waals surface area contributed by atoms with Crippen molar-refractivity contribution in [1.29, 1.82) is 0 Å². The molecular formula is C17H21F3N2O. The number of alkyl halides is 3. The van der Waals surface area contributed by atoms with Gasteiger partial charge in [-0.15, -0.1) is 0 Å². The quantitative estimate of drug-likeness (QED) is 0.834. The summed E-state index contributed by atoms with van der Waals surface area (Å²) in [4.78, 5) is 16.7. The largest absolute Gasteiger partial charge is 0.416 e. The third kappa shape index (κ3) is 3.68. The summed E-state index contributed by atoms with van der Waals surface area (Å²) >= 11 is 0. The molecule has 2 bridgehead atoms. The molecule has 0 aliphatic carbocycles. The molecule has 3 aliphatic rings. The summed E-state index contributed by atoms with van der Waals surface area (Å²) in [5, 5.41) is 0. The molecule has 3 fully saturated rings. The summed E-state index contributed by atoms with van der Waals surface area (Å²) in [7, 11) is 2.06. The van der Waals surface area contributed by atoms with Crippen LogP contribution in [0, 0.1) is 5.92 Å². The molecule has 3 saturated heterocycles. The minimum Gasteiger partial charge on any atom is -0.338 e. The Hall–Kier alpha value is -1.56. The van der Waals surface area contributed by atoms with Crippen LogP contribution in [-0.4, -0.2) is 48.4 Å². The fourth-order valence-electron chi connectivity index (χ4n) is 3.76. The molecule has 23 heavy (non-hydrogen) atoms. The number of likely N-dealkylation sites (N-methyl/N-ethyl adjacent to an activating group) is 1. The number of benzene rings is 1. The molecule has 3 nitrogen and oxygen atoms in total. The van der Waals surface area contributed by atoms with Gasteiger partial charge in [0.1, 0.15) is 0 Å². The Kier molecular flexibility index (Phi) is 4.36. The zero-order chi connectivity index (χ0) is 16.6. The van der Waals surface area contributed by atoms with Crippen molar-refractivity contribution in [3.8, 4) is 0 Å². The lowest BCUT2D eigenvalue weighted by molar-refractivity contribution is -0.138. The van der Waals surface area contributed by atoms with Crippen molar-refractivity contribution < 1.29 is 18.0 Å². The van der Waals surface area contributed by atoms with Gasteiger partial charge in [-0.25, -0.2) is 0 Å². The predicted molar refractivity (Wildman–Crippen MR) is 80.9 cm³/mol. The second kappa shape index (κ2) is 6.15. The van der Waals surface area contributed by atoms with E-state index in [0.717, 1.165) is 44.6 Å². The molecule has 1 amide bonds. The highest BCUT2D eigenvalue weighted by Crippen LogP contribution is 2.31. The number of rotatable bonds is 2. The number of hydrogen-bond donors (Lipinski definition) is 0. The molecule has 6 heteroatoms. The molecular weight excluding hydrogens is 305 g/mol. The molecule has 1 aromatic carbocycles. The van der Waals surface area contributed by atoms with Crippen molar-refractivity contribution in [2.75, 3.05) is 26.7 Å². The highest BCUT2D eigenvalue weighted by Gasteiger charge is 2.36. The van der Waals surface area contributed by atoms with Crippen LogP contribution >= 0.6 is 0 Å². The van der Waals surface area contributed by atoms with E-state index in [2.05, 4.69) is 11.9 Å². The maximum absolute atomic E-state index is 12.8.